The lowest BCUT2D eigenvalue weighted by Crippen LogP contribution is -2.05. The second-order valence-electron chi connectivity index (χ2n) is 0.677. The van der Waals surface area contributed by atoms with E-state index in [1.807, 2.05) is 0 Å². The van der Waals surface area contributed by atoms with Gasteiger partial charge in [-0.1, -0.05) is 4.89 Å². The minimum Gasteiger partial charge on any atom is -0.341 e. The van der Waals surface area contributed by atoms with Crippen LogP contribution in [0.3, 0.4) is 0 Å². The standard InChI is InChI=1S/CH2N2O2S/c4-1-2-6-3-5-1/h3H,(H,2,4). The summed E-state index contributed by atoms with van der Waals surface area (Å²) in [6.45, 7) is 0. The molecule has 0 aromatic heterocycles. The number of carbonyl (C=O) groups is 1. The average Bonchev–Trinajstić information content (AvgIpc) is 1.86. The second-order valence-corrected chi connectivity index (χ2v) is 1.25. The molecule has 4 nitrogen and oxygen atoms in total. The molecule has 0 atom stereocenters. The predicted molar refractivity (Wildman–Crippen MR) is 20.3 cm³/mol. The highest BCUT2D eigenvalue weighted by molar-refractivity contribution is 7.96. The first kappa shape index (κ1) is 3.76. The first-order valence-corrected chi connectivity index (χ1v) is 2.09. The molecule has 1 aliphatic rings. The number of amides is 1. The van der Waals surface area contributed by atoms with Crippen LogP contribution < -0.4 is 9.61 Å². The van der Waals surface area contributed by atoms with Crippen molar-refractivity contribution in [2.45, 2.75) is 0 Å². The van der Waals surface area contributed by atoms with Crippen molar-refractivity contribution in [1.82, 2.24) is 9.61 Å². The minimum atomic E-state index is -0.444. The van der Waals surface area contributed by atoms with Crippen LogP contribution in [0.5, 0.6) is 0 Å². The molecule has 0 aliphatic carbocycles. The Bertz CT molecular complexity index is 65.9. The molecular formula is CH2N2O2S. The van der Waals surface area contributed by atoms with Gasteiger partial charge in [-0.2, -0.15) is 0 Å². The van der Waals surface area contributed by atoms with Gasteiger partial charge in [0.15, 0.2) is 0 Å². The van der Waals surface area contributed by atoms with E-state index in [0.29, 0.717) is 0 Å². The van der Waals surface area contributed by atoms with Gasteiger partial charge in [-0.25, -0.2) is 9.52 Å². The summed E-state index contributed by atoms with van der Waals surface area (Å²) in [5.74, 6) is 0. The molecule has 0 aromatic rings. The van der Waals surface area contributed by atoms with Crippen molar-refractivity contribution in [3.8, 4) is 0 Å². The van der Waals surface area contributed by atoms with Crippen molar-refractivity contribution in [3.05, 3.63) is 0 Å². The zero-order valence-corrected chi connectivity index (χ0v) is 3.54. The fourth-order valence-electron chi connectivity index (χ4n) is 0.142. The summed E-state index contributed by atoms with van der Waals surface area (Å²) in [6.07, 6.45) is -0.444. The Labute approximate surface area is 38.5 Å². The topological polar surface area (TPSA) is 50.4 Å². The van der Waals surface area contributed by atoms with Gasteiger partial charge in [-0.05, 0) is 0 Å². The molecule has 1 rings (SSSR count). The Hall–Kier alpha value is -0.420. The van der Waals surface area contributed by atoms with E-state index in [4.69, 9.17) is 0 Å². The highest BCUT2D eigenvalue weighted by atomic mass is 32.2. The molecular weight excluding hydrogens is 104 g/mol. The molecule has 1 aliphatic heterocycles. The highest BCUT2D eigenvalue weighted by Crippen LogP contribution is 1.93. The van der Waals surface area contributed by atoms with Crippen LogP contribution in [-0.4, -0.2) is 6.09 Å². The van der Waals surface area contributed by atoms with E-state index < -0.39 is 6.09 Å². The van der Waals surface area contributed by atoms with Crippen molar-refractivity contribution in [2.24, 2.45) is 0 Å². The summed E-state index contributed by atoms with van der Waals surface area (Å²) in [5, 5.41) is 0. The van der Waals surface area contributed by atoms with E-state index in [1.165, 1.54) is 0 Å². The van der Waals surface area contributed by atoms with E-state index in [-0.39, 0.29) is 0 Å². The summed E-state index contributed by atoms with van der Waals surface area (Å²) in [6, 6.07) is 0. The van der Waals surface area contributed by atoms with Gasteiger partial charge in [0.05, 0.1) is 12.1 Å². The first-order chi connectivity index (χ1) is 2.89. The number of rotatable bonds is 0. The molecule has 0 radical (unpaired) electrons. The molecule has 5 heteroatoms. The summed E-state index contributed by atoms with van der Waals surface area (Å²) < 4.78 is 2.26. The Kier molecular flexibility index (Phi) is 0.849. The van der Waals surface area contributed by atoms with Gasteiger partial charge in [0, 0.05) is 0 Å². The highest BCUT2D eigenvalue weighted by Gasteiger charge is 2.07. The minimum absolute atomic E-state index is 0.444. The molecule has 0 aromatic carbocycles. The fraction of sp³-hybridized carbons (Fsp3) is 0. The van der Waals surface area contributed by atoms with Crippen LogP contribution in [0.25, 0.3) is 0 Å². The normalized spacial score (nSPS) is 19.7. The molecule has 1 amide bonds. The van der Waals surface area contributed by atoms with E-state index >= 15 is 0 Å². The van der Waals surface area contributed by atoms with Crippen molar-refractivity contribution >= 4 is 18.2 Å². The van der Waals surface area contributed by atoms with Crippen LogP contribution in [0.2, 0.25) is 0 Å². The SMILES string of the molecule is O=C1NSNO1. The summed E-state index contributed by atoms with van der Waals surface area (Å²) in [4.78, 5) is 16.2. The van der Waals surface area contributed by atoms with Crippen molar-refractivity contribution in [1.29, 1.82) is 0 Å². The molecule has 1 heterocycles. The van der Waals surface area contributed by atoms with Gasteiger partial charge in [0.2, 0.25) is 0 Å². The van der Waals surface area contributed by atoms with E-state index in [9.17, 15) is 4.79 Å². The fourth-order valence-corrected chi connectivity index (χ4v) is 0.426. The van der Waals surface area contributed by atoms with Gasteiger partial charge in [-0.3, -0.25) is 0 Å². The quantitative estimate of drug-likeness (QED) is 0.420. The average molecular weight is 106 g/mol. The zero-order valence-electron chi connectivity index (χ0n) is 2.72. The maximum atomic E-state index is 9.83. The van der Waals surface area contributed by atoms with Crippen LogP contribution in [0, 0.1) is 0 Å². The third kappa shape index (κ3) is 0.550. The third-order valence-corrected chi connectivity index (χ3v) is 0.746. The van der Waals surface area contributed by atoms with Crippen LogP contribution in [0.1, 0.15) is 0 Å². The largest absolute Gasteiger partial charge is 0.438 e. The molecule has 0 spiro atoms. The maximum absolute atomic E-state index is 9.83. The summed E-state index contributed by atoms with van der Waals surface area (Å²) in [5.41, 5.74) is 0. The van der Waals surface area contributed by atoms with Crippen LogP contribution >= 0.6 is 12.1 Å². The lowest BCUT2D eigenvalue weighted by Gasteiger charge is -1.76. The Morgan fingerprint density at radius 2 is 2.67 bits per heavy atom. The monoisotopic (exact) mass is 106 g/mol. The number of nitrogens with one attached hydrogen (secondary N) is 2. The molecule has 1 fully saturated rings. The van der Waals surface area contributed by atoms with Crippen LogP contribution in [-0.2, 0) is 4.84 Å². The van der Waals surface area contributed by atoms with Gasteiger partial charge in [0.1, 0.15) is 0 Å². The molecule has 1 saturated heterocycles. The Balaban J connectivity index is 2.37. The van der Waals surface area contributed by atoms with Gasteiger partial charge < -0.3 is 4.84 Å². The predicted octanol–water partition coefficient (Wildman–Crippen LogP) is -0.206. The molecule has 2 N–H and O–H groups in total. The second kappa shape index (κ2) is 1.36. The zero-order chi connectivity index (χ0) is 4.41. The Morgan fingerprint density at radius 3 is 2.83 bits per heavy atom. The van der Waals surface area contributed by atoms with Crippen LogP contribution in [0.4, 0.5) is 4.79 Å². The number of hydrogen-bond donors (Lipinski definition) is 2. The summed E-state index contributed by atoms with van der Waals surface area (Å²) >= 11 is 1.01. The smallest absolute Gasteiger partial charge is 0.341 e. The van der Waals surface area contributed by atoms with Crippen LogP contribution in [0.15, 0.2) is 0 Å². The van der Waals surface area contributed by atoms with Crippen molar-refractivity contribution < 1.29 is 9.63 Å². The molecule has 0 bridgehead atoms. The molecule has 0 saturated carbocycles. The first-order valence-electron chi connectivity index (χ1n) is 1.27. The van der Waals surface area contributed by atoms with Gasteiger partial charge >= 0.3 is 6.09 Å². The maximum Gasteiger partial charge on any atom is 0.438 e. The van der Waals surface area contributed by atoms with E-state index in [0.717, 1.165) is 12.1 Å². The third-order valence-electron chi connectivity index (χ3n) is 0.310. The lowest BCUT2D eigenvalue weighted by molar-refractivity contribution is 0.147. The molecule has 6 heavy (non-hydrogen) atoms. The number of carbonyl (C=O) groups excluding carboxylic acids is 1. The lowest BCUT2D eigenvalue weighted by atomic mass is 11.3. The molecule has 0 unspecified atom stereocenters. The number of hydrogen-bond acceptors (Lipinski definition) is 4. The van der Waals surface area contributed by atoms with Crippen molar-refractivity contribution in [3.63, 3.8) is 0 Å². The van der Waals surface area contributed by atoms with Crippen molar-refractivity contribution in [2.75, 3.05) is 0 Å². The van der Waals surface area contributed by atoms with E-state index in [2.05, 4.69) is 14.4 Å². The van der Waals surface area contributed by atoms with E-state index in [1.54, 1.807) is 0 Å². The van der Waals surface area contributed by atoms with Gasteiger partial charge in [0.25, 0.3) is 0 Å². The Morgan fingerprint density at radius 1 is 1.83 bits per heavy atom. The summed E-state index contributed by atoms with van der Waals surface area (Å²) in [7, 11) is 0. The van der Waals surface area contributed by atoms with Gasteiger partial charge in [-0.15, -0.1) is 0 Å². The molecule has 34 valence electrons.